The number of carbonyl (C=O) groups is 1. The van der Waals surface area contributed by atoms with E-state index in [1.54, 1.807) is 54.6 Å². The summed E-state index contributed by atoms with van der Waals surface area (Å²) in [4.78, 5) is 23.8. The molecule has 0 aliphatic rings. The summed E-state index contributed by atoms with van der Waals surface area (Å²) in [5.41, 5.74) is 1.14. The number of carbonyl (C=O) groups excluding carboxylic acids is 1. The number of hydrogen-bond acceptors (Lipinski definition) is 8. The maximum absolute atomic E-state index is 12.3. The third-order valence-corrected chi connectivity index (χ3v) is 5.83. The molecule has 0 aliphatic heterocycles. The van der Waals surface area contributed by atoms with E-state index in [0.29, 0.717) is 44.5 Å². The molecule has 0 atom stereocenters. The van der Waals surface area contributed by atoms with E-state index in [4.69, 9.17) is 40.2 Å². The lowest BCUT2D eigenvalue weighted by Gasteiger charge is -2.11. The molecule has 0 spiro atoms. The van der Waals surface area contributed by atoms with Crippen molar-refractivity contribution in [3.8, 4) is 22.9 Å². The number of ether oxygens (including phenoxy) is 1. The normalized spacial score (nSPS) is 10.5. The van der Waals surface area contributed by atoms with E-state index >= 15 is 0 Å². The molecule has 0 radical (unpaired) electrons. The number of tetrazole rings is 1. The Morgan fingerprint density at radius 1 is 1.03 bits per heavy atom. The van der Waals surface area contributed by atoms with E-state index in [-0.39, 0.29) is 30.5 Å². The smallest absolute Gasteiger partial charge is 0.269 e. The van der Waals surface area contributed by atoms with Gasteiger partial charge in [0.25, 0.3) is 5.69 Å². The predicted molar refractivity (Wildman–Crippen MR) is 150 cm³/mol. The number of nitro groups is 1. The van der Waals surface area contributed by atoms with Crippen LogP contribution in [0.4, 0.5) is 11.4 Å². The maximum Gasteiger partial charge on any atom is 0.269 e. The number of aromatic nitrogens is 4. The number of anilines is 1. The monoisotopic (exact) mass is 586 g/mol. The molecule has 1 amide bonds. The van der Waals surface area contributed by atoms with Crippen molar-refractivity contribution >= 4 is 57.8 Å². The molecule has 0 aliphatic carbocycles. The van der Waals surface area contributed by atoms with Crippen LogP contribution in [0.25, 0.3) is 11.4 Å². The molecule has 1 heterocycles. The minimum Gasteiger partial charge on any atom is -0.455 e. The number of nitro benzene ring substituents is 1. The number of thiocarbonyl (C=S) groups is 1. The van der Waals surface area contributed by atoms with Gasteiger partial charge in [-0.25, -0.2) is 0 Å². The molecule has 1 aromatic heterocycles. The number of non-ortho nitro benzene ring substituents is 1. The molecule has 0 fully saturated rings. The fourth-order valence-corrected chi connectivity index (χ4v) is 3.91. The highest BCUT2D eigenvalue weighted by Gasteiger charge is 2.15. The van der Waals surface area contributed by atoms with Gasteiger partial charge < -0.3 is 20.7 Å². The SMILES string of the molecule is O=C(Cn1nnc(-c2ccccc2Oc2ccc(Cl)cc2Cl)n1)NCCNC(=S)Nc1ccc([N+](=O)[O-])cc1. The van der Waals surface area contributed by atoms with Crippen molar-refractivity contribution < 1.29 is 14.5 Å². The molecule has 3 N–H and O–H groups in total. The van der Waals surface area contributed by atoms with Gasteiger partial charge in [0.15, 0.2) is 5.11 Å². The van der Waals surface area contributed by atoms with Crippen LogP contribution in [0.1, 0.15) is 0 Å². The number of hydrogen-bond donors (Lipinski definition) is 3. The summed E-state index contributed by atoms with van der Waals surface area (Å²) in [6.07, 6.45) is 0. The Hall–Kier alpha value is -4.33. The second-order valence-corrected chi connectivity index (χ2v) is 9.10. The number of amides is 1. The second-order valence-electron chi connectivity index (χ2n) is 7.85. The van der Waals surface area contributed by atoms with Crippen molar-refractivity contribution in [3.05, 3.63) is 86.9 Å². The first-order valence-corrected chi connectivity index (χ1v) is 12.5. The molecule has 0 bridgehead atoms. The molecular weight excluding hydrogens is 567 g/mol. The topological polar surface area (TPSA) is 149 Å². The summed E-state index contributed by atoms with van der Waals surface area (Å²) < 4.78 is 5.94. The summed E-state index contributed by atoms with van der Waals surface area (Å²) in [5.74, 6) is 0.812. The van der Waals surface area contributed by atoms with Gasteiger partial charge in [-0.1, -0.05) is 35.3 Å². The largest absolute Gasteiger partial charge is 0.455 e. The van der Waals surface area contributed by atoms with Crippen LogP contribution in [0.3, 0.4) is 0 Å². The zero-order chi connectivity index (χ0) is 27.8. The number of halogens is 2. The van der Waals surface area contributed by atoms with Crippen molar-refractivity contribution in [3.63, 3.8) is 0 Å². The summed E-state index contributed by atoms with van der Waals surface area (Å²) in [7, 11) is 0. The molecular formula is C24H20Cl2N8O4S. The highest BCUT2D eigenvalue weighted by Crippen LogP contribution is 2.35. The average Bonchev–Trinajstić information content (AvgIpc) is 3.37. The van der Waals surface area contributed by atoms with E-state index in [1.165, 1.54) is 16.9 Å². The maximum atomic E-state index is 12.3. The summed E-state index contributed by atoms with van der Waals surface area (Å²) in [6.45, 7) is 0.476. The van der Waals surface area contributed by atoms with Gasteiger partial charge in [0.05, 0.1) is 15.5 Å². The van der Waals surface area contributed by atoms with Gasteiger partial charge in [-0.15, -0.1) is 10.2 Å². The van der Waals surface area contributed by atoms with E-state index in [1.807, 2.05) is 0 Å². The van der Waals surface area contributed by atoms with Gasteiger partial charge in [0.2, 0.25) is 11.7 Å². The van der Waals surface area contributed by atoms with Gasteiger partial charge in [-0.05, 0) is 59.9 Å². The van der Waals surface area contributed by atoms with Gasteiger partial charge in [0.1, 0.15) is 18.0 Å². The number of para-hydroxylation sites is 1. The van der Waals surface area contributed by atoms with Crippen LogP contribution in [0.15, 0.2) is 66.7 Å². The molecule has 4 aromatic rings. The van der Waals surface area contributed by atoms with Crippen LogP contribution in [0.2, 0.25) is 10.0 Å². The van der Waals surface area contributed by atoms with Gasteiger partial charge >= 0.3 is 0 Å². The fourth-order valence-electron chi connectivity index (χ4n) is 3.24. The van der Waals surface area contributed by atoms with Gasteiger partial charge in [-0.3, -0.25) is 14.9 Å². The van der Waals surface area contributed by atoms with Crippen molar-refractivity contribution in [2.24, 2.45) is 0 Å². The van der Waals surface area contributed by atoms with Crippen molar-refractivity contribution in [2.75, 3.05) is 18.4 Å². The molecule has 4 rings (SSSR count). The van der Waals surface area contributed by atoms with Gasteiger partial charge in [-0.2, -0.15) is 4.80 Å². The third-order valence-electron chi connectivity index (χ3n) is 5.05. The molecule has 0 unspecified atom stereocenters. The van der Waals surface area contributed by atoms with E-state index in [9.17, 15) is 14.9 Å². The predicted octanol–water partition coefficient (Wildman–Crippen LogP) is 4.45. The lowest BCUT2D eigenvalue weighted by molar-refractivity contribution is -0.384. The Morgan fingerprint density at radius 2 is 1.77 bits per heavy atom. The number of nitrogens with one attached hydrogen (secondary N) is 3. The van der Waals surface area contributed by atoms with E-state index < -0.39 is 4.92 Å². The Bertz CT molecular complexity index is 1500. The minimum absolute atomic E-state index is 0.0171. The van der Waals surface area contributed by atoms with Crippen molar-refractivity contribution in [1.29, 1.82) is 0 Å². The third kappa shape index (κ3) is 7.83. The highest BCUT2D eigenvalue weighted by atomic mass is 35.5. The molecule has 12 nitrogen and oxygen atoms in total. The first kappa shape index (κ1) is 27.7. The van der Waals surface area contributed by atoms with Crippen molar-refractivity contribution in [2.45, 2.75) is 6.54 Å². The zero-order valence-electron chi connectivity index (χ0n) is 20.0. The number of nitrogens with zero attached hydrogens (tertiary/aromatic N) is 5. The van der Waals surface area contributed by atoms with E-state index in [0.717, 1.165) is 0 Å². The molecule has 3 aromatic carbocycles. The van der Waals surface area contributed by atoms with E-state index in [2.05, 4.69) is 31.4 Å². The fraction of sp³-hybridized carbons (Fsp3) is 0.125. The molecule has 39 heavy (non-hydrogen) atoms. The number of benzene rings is 3. The summed E-state index contributed by atoms with van der Waals surface area (Å²) in [5, 5.41) is 32.7. The molecule has 0 saturated heterocycles. The van der Waals surface area contributed by atoms with Crippen LogP contribution in [0.5, 0.6) is 11.5 Å². The first-order valence-electron chi connectivity index (χ1n) is 11.3. The molecule has 0 saturated carbocycles. The summed E-state index contributed by atoms with van der Waals surface area (Å²) >= 11 is 17.4. The Morgan fingerprint density at radius 3 is 2.51 bits per heavy atom. The summed E-state index contributed by atoms with van der Waals surface area (Å²) in [6, 6.07) is 17.8. The number of rotatable bonds is 10. The Balaban J connectivity index is 1.25. The molecule has 15 heteroatoms. The first-order chi connectivity index (χ1) is 18.8. The highest BCUT2D eigenvalue weighted by molar-refractivity contribution is 7.80. The second kappa shape index (κ2) is 13.0. The van der Waals surface area contributed by atoms with Crippen LogP contribution >= 0.6 is 35.4 Å². The van der Waals surface area contributed by atoms with Gasteiger partial charge in [0, 0.05) is 35.9 Å². The van der Waals surface area contributed by atoms with Crippen LogP contribution in [0, 0.1) is 10.1 Å². The van der Waals surface area contributed by atoms with Crippen LogP contribution in [-0.2, 0) is 11.3 Å². The zero-order valence-corrected chi connectivity index (χ0v) is 22.3. The Kier molecular flexibility index (Phi) is 9.20. The lowest BCUT2D eigenvalue weighted by atomic mass is 10.2. The van der Waals surface area contributed by atoms with Crippen molar-refractivity contribution in [1.82, 2.24) is 30.8 Å². The standard InChI is InChI=1S/C24H20Cl2N8O4S/c25-15-5-10-21(19(26)13-15)38-20-4-2-1-3-18(20)23-30-32-33(31-23)14-22(35)27-11-12-28-24(39)29-16-6-8-17(9-7-16)34(36)37/h1-10,13H,11-12,14H2,(H,27,35)(H2,28,29,39). The Labute approximate surface area is 237 Å². The van der Waals surface area contributed by atoms with Crippen LogP contribution in [-0.4, -0.2) is 49.2 Å². The minimum atomic E-state index is -0.481. The lowest BCUT2D eigenvalue weighted by Crippen LogP contribution is -2.38. The van der Waals surface area contributed by atoms with Crippen LogP contribution < -0.4 is 20.7 Å². The molecule has 200 valence electrons. The average molecular weight is 587 g/mol. The quantitative estimate of drug-likeness (QED) is 0.105.